The molecule has 0 aromatic heterocycles. The molecule has 7 nitrogen and oxygen atoms in total. The van der Waals surface area contributed by atoms with E-state index in [1.165, 1.54) is 57.8 Å². The molecule has 0 radical (unpaired) electrons. The highest BCUT2D eigenvalue weighted by atomic mass is 31.2. The first-order chi connectivity index (χ1) is 19.6. The highest BCUT2D eigenvalue weighted by molar-refractivity contribution is 7.47. The average Bonchev–Trinajstić information content (AvgIpc) is 2.94. The van der Waals surface area contributed by atoms with E-state index in [2.05, 4.69) is 27.9 Å². The van der Waals surface area contributed by atoms with E-state index < -0.39 is 7.82 Å². The van der Waals surface area contributed by atoms with Gasteiger partial charge >= 0.3 is 7.82 Å². The molecule has 2 unspecified atom stereocenters. The zero-order valence-corrected chi connectivity index (χ0v) is 27.8. The SMILES string of the molecule is CCCCCCCCCCCCOc1ccc(CC(COP(=O)(O)OCCC[N+](C)(C)CC)CC(=O)CCC)cc1. The maximum atomic E-state index is 12.5. The van der Waals surface area contributed by atoms with E-state index >= 15 is 0 Å². The number of carbonyl (C=O) groups excluding carboxylic acids is 1. The molecule has 1 rings (SSSR count). The van der Waals surface area contributed by atoms with Gasteiger partial charge in [-0.2, -0.15) is 0 Å². The number of unbranched alkanes of at least 4 members (excludes halogenated alkanes) is 9. The number of Topliss-reactive ketones (excluding diaryl/α,β-unsaturated/α-hetero) is 1. The van der Waals surface area contributed by atoms with E-state index in [9.17, 15) is 14.3 Å². The number of hydrogen-bond acceptors (Lipinski definition) is 5. The van der Waals surface area contributed by atoms with Crippen LogP contribution in [0.5, 0.6) is 5.75 Å². The van der Waals surface area contributed by atoms with Crippen molar-refractivity contribution in [1.82, 2.24) is 0 Å². The van der Waals surface area contributed by atoms with Gasteiger partial charge in [-0.05, 0) is 49.8 Å². The van der Waals surface area contributed by atoms with Gasteiger partial charge in [0, 0.05) is 19.3 Å². The molecule has 0 spiro atoms. The van der Waals surface area contributed by atoms with Gasteiger partial charge in [0.1, 0.15) is 11.5 Å². The highest BCUT2D eigenvalue weighted by Crippen LogP contribution is 2.44. The van der Waals surface area contributed by atoms with Crippen LogP contribution in [0.2, 0.25) is 0 Å². The number of hydrogen-bond donors (Lipinski definition) is 1. The number of phosphoric acid groups is 1. The lowest BCUT2D eigenvalue weighted by molar-refractivity contribution is -0.888. The second-order valence-electron chi connectivity index (χ2n) is 12.2. The number of carbonyl (C=O) groups is 1. The molecule has 0 bridgehead atoms. The third-order valence-electron chi connectivity index (χ3n) is 7.75. The van der Waals surface area contributed by atoms with Crippen LogP contribution in [0.25, 0.3) is 0 Å². The van der Waals surface area contributed by atoms with Crippen molar-refractivity contribution in [1.29, 1.82) is 0 Å². The Bertz CT molecular complexity index is 845. The molecule has 2 atom stereocenters. The van der Waals surface area contributed by atoms with Crippen molar-refractivity contribution in [2.45, 2.75) is 117 Å². The van der Waals surface area contributed by atoms with Gasteiger partial charge in [-0.15, -0.1) is 0 Å². The van der Waals surface area contributed by atoms with Gasteiger partial charge in [0.2, 0.25) is 0 Å². The summed E-state index contributed by atoms with van der Waals surface area (Å²) in [6.07, 6.45) is 15.9. The number of rotatable bonds is 27. The predicted molar refractivity (Wildman–Crippen MR) is 169 cm³/mol. The molecule has 0 fully saturated rings. The van der Waals surface area contributed by atoms with Gasteiger partial charge in [0.15, 0.2) is 0 Å². The summed E-state index contributed by atoms with van der Waals surface area (Å²) in [5.74, 6) is 0.788. The second-order valence-corrected chi connectivity index (χ2v) is 13.6. The van der Waals surface area contributed by atoms with Crippen molar-refractivity contribution in [3.63, 3.8) is 0 Å². The van der Waals surface area contributed by atoms with Crippen LogP contribution in [-0.4, -0.2) is 62.2 Å². The van der Waals surface area contributed by atoms with Gasteiger partial charge in [0.25, 0.3) is 0 Å². The third-order valence-corrected chi connectivity index (χ3v) is 8.74. The normalized spacial score (nSPS) is 14.1. The third kappa shape index (κ3) is 20.3. The molecule has 0 aliphatic rings. The Morgan fingerprint density at radius 1 is 0.829 bits per heavy atom. The van der Waals surface area contributed by atoms with Crippen molar-refractivity contribution in [3.05, 3.63) is 29.8 Å². The molecule has 8 heteroatoms. The first kappa shape index (κ1) is 37.8. The molecule has 0 heterocycles. The van der Waals surface area contributed by atoms with Gasteiger partial charge in [-0.25, -0.2) is 4.57 Å². The van der Waals surface area contributed by atoms with Crippen LogP contribution in [0.3, 0.4) is 0 Å². The Kier molecular flexibility index (Phi) is 20.6. The fourth-order valence-electron chi connectivity index (χ4n) is 4.79. The van der Waals surface area contributed by atoms with E-state index in [0.29, 0.717) is 25.7 Å². The van der Waals surface area contributed by atoms with E-state index in [-0.39, 0.29) is 24.9 Å². The minimum Gasteiger partial charge on any atom is -0.494 e. The Morgan fingerprint density at radius 3 is 2.02 bits per heavy atom. The smallest absolute Gasteiger partial charge is 0.472 e. The van der Waals surface area contributed by atoms with E-state index in [1.54, 1.807) is 0 Å². The van der Waals surface area contributed by atoms with Crippen molar-refractivity contribution in [2.75, 3.05) is 47.0 Å². The lowest BCUT2D eigenvalue weighted by Gasteiger charge is -2.28. The minimum absolute atomic E-state index is 0.00324. The molecular formula is C33H61NO6P+. The summed E-state index contributed by atoms with van der Waals surface area (Å²) in [5.41, 5.74) is 1.04. The summed E-state index contributed by atoms with van der Waals surface area (Å²) in [5, 5.41) is 0. The van der Waals surface area contributed by atoms with E-state index in [1.807, 2.05) is 31.2 Å². The lowest BCUT2D eigenvalue weighted by Crippen LogP contribution is -2.40. The summed E-state index contributed by atoms with van der Waals surface area (Å²) < 4.78 is 29.8. The fraction of sp³-hybridized carbons (Fsp3) is 0.788. The van der Waals surface area contributed by atoms with Gasteiger partial charge in [0.05, 0.1) is 47.0 Å². The molecular weight excluding hydrogens is 537 g/mol. The number of benzene rings is 1. The van der Waals surface area contributed by atoms with Crippen molar-refractivity contribution in [2.24, 2.45) is 5.92 Å². The zero-order chi connectivity index (χ0) is 30.4. The largest absolute Gasteiger partial charge is 0.494 e. The first-order valence-corrected chi connectivity index (χ1v) is 17.8. The maximum Gasteiger partial charge on any atom is 0.472 e. The number of ether oxygens (including phenoxy) is 1. The van der Waals surface area contributed by atoms with Crippen molar-refractivity contribution < 1.29 is 32.5 Å². The zero-order valence-electron chi connectivity index (χ0n) is 26.9. The molecule has 0 aliphatic carbocycles. The van der Waals surface area contributed by atoms with Gasteiger partial charge in [-0.1, -0.05) is 83.8 Å². The van der Waals surface area contributed by atoms with Crippen LogP contribution in [0.1, 0.15) is 116 Å². The Hall–Kier alpha value is -1.24. The molecule has 41 heavy (non-hydrogen) atoms. The van der Waals surface area contributed by atoms with Gasteiger partial charge in [-0.3, -0.25) is 13.8 Å². The molecule has 0 amide bonds. The fourth-order valence-corrected chi connectivity index (χ4v) is 5.63. The summed E-state index contributed by atoms with van der Waals surface area (Å²) in [6, 6.07) is 7.95. The number of ketones is 1. The first-order valence-electron chi connectivity index (χ1n) is 16.3. The molecule has 0 saturated heterocycles. The van der Waals surface area contributed by atoms with Crippen LogP contribution in [0, 0.1) is 5.92 Å². The Balaban J connectivity index is 2.44. The number of quaternary nitrogens is 1. The number of phosphoric ester groups is 1. The minimum atomic E-state index is -4.18. The molecule has 0 aliphatic heterocycles. The topological polar surface area (TPSA) is 82.1 Å². The van der Waals surface area contributed by atoms with Crippen LogP contribution in [0.15, 0.2) is 24.3 Å². The summed E-state index contributed by atoms with van der Waals surface area (Å²) in [7, 11) is 0.0531. The number of nitrogens with zero attached hydrogens (tertiary/aromatic N) is 1. The molecule has 1 N–H and O–H groups in total. The molecule has 1 aromatic rings. The highest BCUT2D eigenvalue weighted by Gasteiger charge is 2.25. The predicted octanol–water partition coefficient (Wildman–Crippen LogP) is 8.52. The van der Waals surface area contributed by atoms with Crippen LogP contribution < -0.4 is 4.74 Å². The summed E-state index contributed by atoms with van der Waals surface area (Å²) in [6.45, 7) is 9.06. The average molecular weight is 599 g/mol. The van der Waals surface area contributed by atoms with Gasteiger partial charge < -0.3 is 14.1 Å². The van der Waals surface area contributed by atoms with E-state index in [4.69, 9.17) is 13.8 Å². The maximum absolute atomic E-state index is 12.5. The molecule has 0 saturated carbocycles. The molecule has 1 aromatic carbocycles. The van der Waals surface area contributed by atoms with Crippen LogP contribution in [0.4, 0.5) is 0 Å². The standard InChI is InChI=1S/C33H60NO6P/c1-6-9-10-11-12-13-14-15-16-17-25-38-33-22-20-30(21-23-33)27-31(28-32(35)19-7-2)29-40-41(36,37)39-26-18-24-34(4,5)8-3/h20-23,31H,6-19,24-29H2,1-5H3/p+1. The monoisotopic (exact) mass is 598 g/mol. The second kappa shape index (κ2) is 22.3. The van der Waals surface area contributed by atoms with Crippen LogP contribution in [-0.2, 0) is 24.8 Å². The Labute approximate surface area is 251 Å². The lowest BCUT2D eigenvalue weighted by atomic mass is 9.94. The van der Waals surface area contributed by atoms with Crippen LogP contribution >= 0.6 is 7.82 Å². The van der Waals surface area contributed by atoms with E-state index in [0.717, 1.165) is 48.3 Å². The molecule has 238 valence electrons. The summed E-state index contributed by atoms with van der Waals surface area (Å²) in [4.78, 5) is 22.6. The van der Waals surface area contributed by atoms with Crippen molar-refractivity contribution in [3.8, 4) is 5.75 Å². The Morgan fingerprint density at radius 2 is 1.44 bits per heavy atom. The van der Waals surface area contributed by atoms with Crippen molar-refractivity contribution >= 4 is 13.6 Å². The quantitative estimate of drug-likeness (QED) is 0.0621. The summed E-state index contributed by atoms with van der Waals surface area (Å²) >= 11 is 0.